The van der Waals surface area contributed by atoms with Crippen molar-refractivity contribution in [2.75, 3.05) is 24.6 Å². The molecule has 2 aromatic carbocycles. The molecule has 1 aliphatic heterocycles. The van der Waals surface area contributed by atoms with Crippen molar-refractivity contribution in [3.63, 3.8) is 0 Å². The number of nitrogens with one attached hydrogen (secondary N) is 1. The Labute approximate surface area is 163 Å². The molecule has 0 bridgehead atoms. The van der Waals surface area contributed by atoms with Gasteiger partial charge in [0.25, 0.3) is 5.69 Å². The summed E-state index contributed by atoms with van der Waals surface area (Å²) in [6.45, 7) is 0.549. The predicted molar refractivity (Wildman–Crippen MR) is 104 cm³/mol. The van der Waals surface area contributed by atoms with E-state index in [1.54, 1.807) is 18.2 Å². The number of benzene rings is 2. The van der Waals surface area contributed by atoms with Crippen LogP contribution < -0.4 is 5.32 Å². The number of carbonyl (C=O) groups is 1. The first-order chi connectivity index (χ1) is 13.4. The number of hydrogen-bond donors (Lipinski definition) is 1. The van der Waals surface area contributed by atoms with Gasteiger partial charge in [-0.05, 0) is 5.56 Å². The molecule has 28 heavy (non-hydrogen) atoms. The minimum atomic E-state index is -3.08. The van der Waals surface area contributed by atoms with Crippen molar-refractivity contribution in [1.82, 2.24) is 10.2 Å². The number of rotatable bonds is 6. The largest absolute Gasteiger partial charge is 0.350 e. The van der Waals surface area contributed by atoms with E-state index in [9.17, 15) is 23.3 Å². The van der Waals surface area contributed by atoms with Crippen LogP contribution in [0.1, 0.15) is 17.2 Å². The van der Waals surface area contributed by atoms with E-state index in [1.165, 1.54) is 6.07 Å². The first-order valence-electron chi connectivity index (χ1n) is 8.87. The fourth-order valence-electron chi connectivity index (χ4n) is 3.27. The maximum absolute atomic E-state index is 13.0. The molecule has 1 heterocycles. The molecule has 2 aromatic rings. The molecule has 9 heteroatoms. The number of sulfone groups is 1. The maximum Gasteiger partial charge on any atom is 0.274 e. The Morgan fingerprint density at radius 1 is 1.07 bits per heavy atom. The summed E-state index contributed by atoms with van der Waals surface area (Å²) in [5.41, 5.74) is 1.11. The van der Waals surface area contributed by atoms with Crippen LogP contribution in [0.3, 0.4) is 0 Å². The number of para-hydroxylation sites is 1. The highest BCUT2D eigenvalue weighted by molar-refractivity contribution is 7.91. The van der Waals surface area contributed by atoms with Crippen molar-refractivity contribution >= 4 is 21.4 Å². The number of hydrogen-bond acceptors (Lipinski definition) is 6. The molecule has 0 saturated carbocycles. The molecule has 148 valence electrons. The Morgan fingerprint density at radius 2 is 1.68 bits per heavy atom. The van der Waals surface area contributed by atoms with E-state index < -0.39 is 20.8 Å². The molecule has 1 N–H and O–H groups in total. The van der Waals surface area contributed by atoms with Crippen molar-refractivity contribution in [1.29, 1.82) is 0 Å². The van der Waals surface area contributed by atoms with Gasteiger partial charge in [-0.25, -0.2) is 8.42 Å². The third-order valence-corrected chi connectivity index (χ3v) is 6.36. The molecule has 1 aliphatic rings. The number of nitro groups is 1. The Kier molecular flexibility index (Phi) is 6.05. The third-order valence-electron chi connectivity index (χ3n) is 4.75. The van der Waals surface area contributed by atoms with Gasteiger partial charge in [-0.15, -0.1) is 0 Å². The average Bonchev–Trinajstić information content (AvgIpc) is 2.69. The number of carbonyl (C=O) groups excluding carboxylic acids is 1. The lowest BCUT2D eigenvalue weighted by Crippen LogP contribution is -2.47. The summed E-state index contributed by atoms with van der Waals surface area (Å²) < 4.78 is 23.5. The lowest BCUT2D eigenvalue weighted by atomic mass is 10.0. The van der Waals surface area contributed by atoms with Gasteiger partial charge in [-0.3, -0.25) is 19.8 Å². The van der Waals surface area contributed by atoms with E-state index in [1.807, 2.05) is 35.2 Å². The summed E-state index contributed by atoms with van der Waals surface area (Å²) in [5.74, 6) is -0.301. The zero-order chi connectivity index (χ0) is 20.1. The lowest BCUT2D eigenvalue weighted by molar-refractivity contribution is -0.385. The van der Waals surface area contributed by atoms with Crippen LogP contribution in [0.15, 0.2) is 54.6 Å². The SMILES string of the molecule is O=C(NCc1ccccc1[N+](=O)[O-])C(c1ccccc1)N1CCS(=O)(=O)CC1. The topological polar surface area (TPSA) is 110 Å². The maximum atomic E-state index is 13.0. The van der Waals surface area contributed by atoms with E-state index in [-0.39, 0.29) is 42.7 Å². The zero-order valence-corrected chi connectivity index (χ0v) is 16.0. The quantitative estimate of drug-likeness (QED) is 0.581. The Morgan fingerprint density at radius 3 is 2.32 bits per heavy atom. The fourth-order valence-corrected chi connectivity index (χ4v) is 4.50. The number of nitrogens with zero attached hydrogens (tertiary/aromatic N) is 2. The fraction of sp³-hybridized carbons (Fsp3) is 0.316. The Balaban J connectivity index is 1.79. The highest BCUT2D eigenvalue weighted by Crippen LogP contribution is 2.24. The standard InChI is InChI=1S/C19H21N3O5S/c23-19(20-14-16-8-4-5-9-17(16)22(24)25)18(15-6-2-1-3-7-15)21-10-12-28(26,27)13-11-21/h1-9,18H,10-14H2,(H,20,23). The van der Waals surface area contributed by atoms with Gasteiger partial charge >= 0.3 is 0 Å². The molecule has 1 fully saturated rings. The summed E-state index contributed by atoms with van der Waals surface area (Å²) in [7, 11) is -3.08. The van der Waals surface area contributed by atoms with Gasteiger partial charge in [0.1, 0.15) is 6.04 Å². The molecule has 8 nitrogen and oxygen atoms in total. The summed E-state index contributed by atoms with van der Waals surface area (Å²) in [4.78, 5) is 25.5. The monoisotopic (exact) mass is 403 g/mol. The van der Waals surface area contributed by atoms with E-state index in [2.05, 4.69) is 5.32 Å². The van der Waals surface area contributed by atoms with Gasteiger partial charge in [0.15, 0.2) is 9.84 Å². The van der Waals surface area contributed by atoms with Crippen LogP contribution >= 0.6 is 0 Å². The van der Waals surface area contributed by atoms with Gasteiger partial charge in [-0.1, -0.05) is 48.5 Å². The second-order valence-corrected chi connectivity index (χ2v) is 8.91. The Bertz CT molecular complexity index is 949. The van der Waals surface area contributed by atoms with Crippen molar-refractivity contribution in [3.05, 3.63) is 75.8 Å². The molecule has 3 rings (SSSR count). The lowest BCUT2D eigenvalue weighted by Gasteiger charge is -2.33. The molecule has 0 radical (unpaired) electrons. The minimum Gasteiger partial charge on any atom is -0.350 e. The molecule has 1 saturated heterocycles. The highest BCUT2D eigenvalue weighted by atomic mass is 32.2. The van der Waals surface area contributed by atoms with Crippen LogP contribution in [0.2, 0.25) is 0 Å². The van der Waals surface area contributed by atoms with Crippen LogP contribution in [-0.4, -0.2) is 48.7 Å². The zero-order valence-electron chi connectivity index (χ0n) is 15.2. The molecule has 0 spiro atoms. The van der Waals surface area contributed by atoms with Crippen LogP contribution in [0, 0.1) is 10.1 Å². The molecule has 1 unspecified atom stereocenters. The minimum absolute atomic E-state index is 0.00771. The van der Waals surface area contributed by atoms with Gasteiger partial charge in [0.05, 0.1) is 16.4 Å². The number of nitro benzene ring substituents is 1. The molecule has 0 aromatic heterocycles. The van der Waals surface area contributed by atoms with Crippen molar-refractivity contribution < 1.29 is 18.1 Å². The van der Waals surface area contributed by atoms with Gasteiger partial charge < -0.3 is 5.32 Å². The third kappa shape index (κ3) is 4.73. The Hall–Kier alpha value is -2.78. The van der Waals surface area contributed by atoms with Crippen molar-refractivity contribution in [2.24, 2.45) is 0 Å². The summed E-state index contributed by atoms with van der Waals surface area (Å²) in [5, 5.41) is 13.9. The average molecular weight is 403 g/mol. The normalized spacial score (nSPS) is 17.6. The van der Waals surface area contributed by atoms with Crippen LogP contribution in [0.5, 0.6) is 0 Å². The summed E-state index contributed by atoms with van der Waals surface area (Å²) >= 11 is 0. The first kappa shape index (κ1) is 20.0. The van der Waals surface area contributed by atoms with Crippen LogP contribution in [-0.2, 0) is 21.2 Å². The first-order valence-corrected chi connectivity index (χ1v) is 10.7. The summed E-state index contributed by atoms with van der Waals surface area (Å²) in [6, 6.07) is 14.7. The van der Waals surface area contributed by atoms with Gasteiger partial charge in [-0.2, -0.15) is 0 Å². The van der Waals surface area contributed by atoms with Gasteiger partial charge in [0.2, 0.25) is 5.91 Å². The van der Waals surface area contributed by atoms with E-state index >= 15 is 0 Å². The molecule has 1 atom stereocenters. The molecular weight excluding hydrogens is 382 g/mol. The second-order valence-electron chi connectivity index (χ2n) is 6.60. The molecular formula is C19H21N3O5S. The smallest absolute Gasteiger partial charge is 0.274 e. The van der Waals surface area contributed by atoms with Crippen molar-refractivity contribution in [2.45, 2.75) is 12.6 Å². The van der Waals surface area contributed by atoms with E-state index in [0.717, 1.165) is 5.56 Å². The second kappa shape index (κ2) is 8.49. The van der Waals surface area contributed by atoms with Gasteiger partial charge in [0, 0.05) is 31.3 Å². The van der Waals surface area contributed by atoms with E-state index in [0.29, 0.717) is 5.56 Å². The van der Waals surface area contributed by atoms with Crippen LogP contribution in [0.4, 0.5) is 5.69 Å². The predicted octanol–water partition coefficient (Wildman–Crippen LogP) is 1.68. The number of amides is 1. The highest BCUT2D eigenvalue weighted by Gasteiger charge is 2.32. The molecule has 1 amide bonds. The van der Waals surface area contributed by atoms with E-state index in [4.69, 9.17) is 0 Å². The van der Waals surface area contributed by atoms with Crippen LogP contribution in [0.25, 0.3) is 0 Å². The molecule has 0 aliphatic carbocycles. The van der Waals surface area contributed by atoms with Crippen molar-refractivity contribution in [3.8, 4) is 0 Å². The summed E-state index contributed by atoms with van der Waals surface area (Å²) in [6.07, 6.45) is 0.